The van der Waals surface area contributed by atoms with E-state index in [4.69, 9.17) is 14.2 Å². The minimum atomic E-state index is 0.534. The normalized spacial score (nSPS) is 9.50. The molecule has 0 bridgehead atoms. The first-order valence-corrected chi connectivity index (χ1v) is 5.16. The van der Waals surface area contributed by atoms with E-state index in [-0.39, 0.29) is 0 Å². The second kappa shape index (κ2) is 6.05. The van der Waals surface area contributed by atoms with Crippen LogP contribution in [0.25, 0.3) is 0 Å². The van der Waals surface area contributed by atoms with Gasteiger partial charge in [0.15, 0.2) is 11.5 Å². The first kappa shape index (κ1) is 12.4. The number of allylic oxidation sites excluding steroid dienone is 1. The third-order valence-corrected chi connectivity index (χ3v) is 2.10. The van der Waals surface area contributed by atoms with Gasteiger partial charge < -0.3 is 14.2 Å². The topological polar surface area (TPSA) is 27.7 Å². The maximum absolute atomic E-state index is 5.60. The first-order valence-electron chi connectivity index (χ1n) is 5.16. The molecular formula is C13H18O3. The van der Waals surface area contributed by atoms with Gasteiger partial charge in [-0.25, -0.2) is 0 Å². The van der Waals surface area contributed by atoms with Gasteiger partial charge >= 0.3 is 0 Å². The molecular weight excluding hydrogens is 204 g/mol. The van der Waals surface area contributed by atoms with E-state index in [1.54, 1.807) is 14.2 Å². The molecule has 0 amide bonds. The molecule has 1 aromatic rings. The van der Waals surface area contributed by atoms with Gasteiger partial charge in [-0.2, -0.15) is 0 Å². The molecule has 88 valence electrons. The Morgan fingerprint density at radius 2 is 1.81 bits per heavy atom. The fourth-order valence-electron chi connectivity index (χ4n) is 1.27. The quantitative estimate of drug-likeness (QED) is 0.717. The smallest absolute Gasteiger partial charge is 0.203 e. The van der Waals surface area contributed by atoms with Crippen molar-refractivity contribution in [1.82, 2.24) is 0 Å². The van der Waals surface area contributed by atoms with Gasteiger partial charge in [0, 0.05) is 0 Å². The van der Waals surface area contributed by atoms with E-state index >= 15 is 0 Å². The average molecular weight is 222 g/mol. The van der Waals surface area contributed by atoms with Crippen LogP contribution in [-0.2, 0) is 0 Å². The molecule has 0 aromatic heterocycles. The standard InChI is InChI=1S/C13H18O3/c1-10(2)8-9-16-12-7-5-6-11(14-3)13(12)15-4/h5-8H,9H2,1-4H3. The van der Waals surface area contributed by atoms with E-state index < -0.39 is 0 Å². The summed E-state index contributed by atoms with van der Waals surface area (Å²) in [6.45, 7) is 4.60. The largest absolute Gasteiger partial charge is 0.493 e. The van der Waals surface area contributed by atoms with Crippen molar-refractivity contribution in [3.05, 3.63) is 29.8 Å². The lowest BCUT2D eigenvalue weighted by Crippen LogP contribution is -1.98. The third kappa shape index (κ3) is 3.19. The second-order valence-corrected chi connectivity index (χ2v) is 3.58. The SMILES string of the molecule is COc1cccc(OCC=C(C)C)c1OC. The molecule has 0 heterocycles. The third-order valence-electron chi connectivity index (χ3n) is 2.10. The number of hydrogen-bond donors (Lipinski definition) is 0. The van der Waals surface area contributed by atoms with Crippen LogP contribution in [0.3, 0.4) is 0 Å². The molecule has 0 aliphatic heterocycles. The van der Waals surface area contributed by atoms with Crippen LogP contribution in [0, 0.1) is 0 Å². The van der Waals surface area contributed by atoms with Crippen molar-refractivity contribution in [3.63, 3.8) is 0 Å². The molecule has 0 saturated heterocycles. The maximum Gasteiger partial charge on any atom is 0.203 e. The summed E-state index contributed by atoms with van der Waals surface area (Å²) in [7, 11) is 3.21. The number of hydrogen-bond acceptors (Lipinski definition) is 3. The molecule has 0 spiro atoms. The Hall–Kier alpha value is -1.64. The summed E-state index contributed by atoms with van der Waals surface area (Å²) in [5.41, 5.74) is 1.22. The van der Waals surface area contributed by atoms with Crippen molar-refractivity contribution in [2.45, 2.75) is 13.8 Å². The Morgan fingerprint density at radius 1 is 1.12 bits per heavy atom. The predicted molar refractivity (Wildman–Crippen MR) is 64.5 cm³/mol. The molecule has 0 unspecified atom stereocenters. The zero-order valence-corrected chi connectivity index (χ0v) is 10.2. The zero-order chi connectivity index (χ0) is 12.0. The summed E-state index contributed by atoms with van der Waals surface area (Å²) in [6, 6.07) is 5.58. The molecule has 0 fully saturated rings. The number of methoxy groups -OCH3 is 2. The Labute approximate surface area is 96.6 Å². The number of ether oxygens (including phenoxy) is 3. The number of rotatable bonds is 5. The molecule has 0 aliphatic carbocycles. The van der Waals surface area contributed by atoms with Crippen LogP contribution in [0.1, 0.15) is 13.8 Å². The fraction of sp³-hybridized carbons (Fsp3) is 0.385. The molecule has 0 radical (unpaired) electrons. The highest BCUT2D eigenvalue weighted by Gasteiger charge is 2.09. The summed E-state index contributed by atoms with van der Waals surface area (Å²) >= 11 is 0. The van der Waals surface area contributed by atoms with Crippen LogP contribution in [0.5, 0.6) is 17.2 Å². The van der Waals surface area contributed by atoms with Crippen LogP contribution >= 0.6 is 0 Å². The predicted octanol–water partition coefficient (Wildman–Crippen LogP) is 3.05. The highest BCUT2D eigenvalue weighted by atomic mass is 16.5. The molecule has 0 N–H and O–H groups in total. The minimum absolute atomic E-state index is 0.534. The Bertz CT molecular complexity index is 365. The van der Waals surface area contributed by atoms with Crippen molar-refractivity contribution in [3.8, 4) is 17.2 Å². The van der Waals surface area contributed by atoms with Crippen LogP contribution in [0.15, 0.2) is 29.8 Å². The van der Waals surface area contributed by atoms with Crippen molar-refractivity contribution >= 4 is 0 Å². The van der Waals surface area contributed by atoms with Crippen LogP contribution in [0.2, 0.25) is 0 Å². The molecule has 16 heavy (non-hydrogen) atoms. The van der Waals surface area contributed by atoms with Crippen molar-refractivity contribution in [1.29, 1.82) is 0 Å². The van der Waals surface area contributed by atoms with E-state index in [9.17, 15) is 0 Å². The van der Waals surface area contributed by atoms with Gasteiger partial charge in [-0.15, -0.1) is 0 Å². The molecule has 0 atom stereocenters. The monoisotopic (exact) mass is 222 g/mol. The van der Waals surface area contributed by atoms with Gasteiger partial charge in [0.05, 0.1) is 14.2 Å². The summed E-state index contributed by atoms with van der Waals surface area (Å²) in [4.78, 5) is 0. The molecule has 0 aliphatic rings. The Kier molecular flexibility index (Phi) is 4.70. The van der Waals surface area contributed by atoms with Crippen molar-refractivity contribution in [2.24, 2.45) is 0 Å². The molecule has 3 heteroatoms. The lowest BCUT2D eigenvalue weighted by molar-refractivity contribution is 0.307. The lowest BCUT2D eigenvalue weighted by atomic mass is 10.3. The van der Waals surface area contributed by atoms with Crippen LogP contribution in [-0.4, -0.2) is 20.8 Å². The van der Waals surface area contributed by atoms with Gasteiger partial charge in [0.25, 0.3) is 0 Å². The molecule has 1 aromatic carbocycles. The lowest BCUT2D eigenvalue weighted by Gasteiger charge is -2.12. The van der Waals surface area contributed by atoms with E-state index in [0.717, 1.165) is 0 Å². The zero-order valence-electron chi connectivity index (χ0n) is 10.2. The van der Waals surface area contributed by atoms with Crippen LogP contribution < -0.4 is 14.2 Å². The van der Waals surface area contributed by atoms with Gasteiger partial charge in [-0.1, -0.05) is 11.6 Å². The number of para-hydroxylation sites is 1. The van der Waals surface area contributed by atoms with Gasteiger partial charge in [-0.05, 0) is 32.1 Å². The fourth-order valence-corrected chi connectivity index (χ4v) is 1.27. The van der Waals surface area contributed by atoms with E-state index in [0.29, 0.717) is 23.9 Å². The Balaban J connectivity index is 2.82. The summed E-state index contributed by atoms with van der Waals surface area (Å²) in [5.74, 6) is 2.00. The number of benzene rings is 1. The minimum Gasteiger partial charge on any atom is -0.493 e. The van der Waals surface area contributed by atoms with E-state index in [1.807, 2.05) is 38.1 Å². The van der Waals surface area contributed by atoms with E-state index in [2.05, 4.69) is 0 Å². The average Bonchev–Trinajstić information content (AvgIpc) is 2.28. The molecule has 0 saturated carbocycles. The van der Waals surface area contributed by atoms with Crippen molar-refractivity contribution < 1.29 is 14.2 Å². The summed E-state index contributed by atoms with van der Waals surface area (Å²) in [6.07, 6.45) is 2.01. The van der Waals surface area contributed by atoms with Crippen molar-refractivity contribution in [2.75, 3.05) is 20.8 Å². The highest BCUT2D eigenvalue weighted by molar-refractivity contribution is 5.51. The summed E-state index contributed by atoms with van der Waals surface area (Å²) in [5, 5.41) is 0. The van der Waals surface area contributed by atoms with Crippen LogP contribution in [0.4, 0.5) is 0 Å². The van der Waals surface area contributed by atoms with Gasteiger partial charge in [0.2, 0.25) is 5.75 Å². The maximum atomic E-state index is 5.60. The first-order chi connectivity index (χ1) is 7.69. The van der Waals surface area contributed by atoms with Gasteiger partial charge in [-0.3, -0.25) is 0 Å². The second-order valence-electron chi connectivity index (χ2n) is 3.58. The molecule has 3 nitrogen and oxygen atoms in total. The molecule has 1 rings (SSSR count). The Morgan fingerprint density at radius 3 is 2.38 bits per heavy atom. The van der Waals surface area contributed by atoms with E-state index in [1.165, 1.54) is 5.57 Å². The highest BCUT2D eigenvalue weighted by Crippen LogP contribution is 2.36. The van der Waals surface area contributed by atoms with Gasteiger partial charge in [0.1, 0.15) is 6.61 Å². The summed E-state index contributed by atoms with van der Waals surface area (Å²) < 4.78 is 16.0.